The van der Waals surface area contributed by atoms with E-state index >= 15 is 0 Å². The predicted molar refractivity (Wildman–Crippen MR) is 155 cm³/mol. The Morgan fingerprint density at radius 1 is 1.00 bits per heavy atom. The highest BCUT2D eigenvalue weighted by atomic mass is 35.5. The molecule has 204 valence electrons. The quantitative estimate of drug-likeness (QED) is 0.180. The van der Waals surface area contributed by atoms with Gasteiger partial charge in [0, 0.05) is 5.56 Å². The Morgan fingerprint density at radius 2 is 1.62 bits per heavy atom. The first-order valence-electron chi connectivity index (χ1n) is 12.7. The normalized spacial score (nSPS) is 17.0. The number of amides is 1. The molecule has 3 aromatic carbocycles. The molecule has 1 saturated heterocycles. The van der Waals surface area contributed by atoms with E-state index in [1.165, 1.54) is 24.1 Å². The first kappa shape index (κ1) is 28.5. The van der Waals surface area contributed by atoms with E-state index in [-0.39, 0.29) is 38.1 Å². The van der Waals surface area contributed by atoms with Gasteiger partial charge in [-0.05, 0) is 47.2 Å². The lowest BCUT2D eigenvalue weighted by Gasteiger charge is -2.28. The van der Waals surface area contributed by atoms with Crippen molar-refractivity contribution >= 4 is 46.3 Å². The minimum atomic E-state index is -0.926. The Hall–Kier alpha value is -3.48. The monoisotopic (exact) mass is 567 g/mol. The number of hydrogen-bond donors (Lipinski definition) is 1. The molecule has 0 radical (unpaired) electrons. The summed E-state index contributed by atoms with van der Waals surface area (Å²) in [4.78, 5) is 28.6. The van der Waals surface area contributed by atoms with Crippen molar-refractivity contribution in [2.24, 2.45) is 0 Å². The van der Waals surface area contributed by atoms with Crippen LogP contribution in [0.3, 0.4) is 0 Å². The number of methoxy groups -OCH3 is 1. The smallest absolute Gasteiger partial charge is 0.300 e. The molecular formula is C31H31Cl2NO5. The standard InChI is InChI=1S/C31H31Cl2NO5/c1-6-15-39-24-10-8-7-9-23(24)34-26(18-11-13-20(14-12-18)31(2,3)4)25(28(36)30(34)37)27(35)19-16-21(32)29(38-5)22(33)17-19/h7-14,16-17,26,35H,6,15H2,1-5H3/b27-25+. The second kappa shape index (κ2) is 11.3. The van der Waals surface area contributed by atoms with Gasteiger partial charge in [0.2, 0.25) is 0 Å². The average molecular weight is 568 g/mol. The van der Waals surface area contributed by atoms with Crippen molar-refractivity contribution < 1.29 is 24.2 Å². The summed E-state index contributed by atoms with van der Waals surface area (Å²) in [6.45, 7) is 8.73. The third-order valence-corrected chi connectivity index (χ3v) is 7.16. The first-order chi connectivity index (χ1) is 18.5. The Balaban J connectivity index is 1.96. The summed E-state index contributed by atoms with van der Waals surface area (Å²) in [5.41, 5.74) is 2.19. The number of nitrogens with zero attached hydrogens (tertiary/aromatic N) is 1. The van der Waals surface area contributed by atoms with Crippen LogP contribution in [0.25, 0.3) is 5.76 Å². The molecule has 0 bridgehead atoms. The number of aliphatic hydroxyl groups is 1. The van der Waals surface area contributed by atoms with E-state index in [4.69, 9.17) is 32.7 Å². The molecule has 0 aromatic heterocycles. The molecule has 8 heteroatoms. The van der Waals surface area contributed by atoms with Gasteiger partial charge in [-0.25, -0.2) is 0 Å². The number of halogens is 2. The highest BCUT2D eigenvalue weighted by Crippen LogP contribution is 2.46. The maximum Gasteiger partial charge on any atom is 0.300 e. The van der Waals surface area contributed by atoms with Crippen molar-refractivity contribution in [2.45, 2.75) is 45.6 Å². The number of ether oxygens (including phenoxy) is 2. The fraction of sp³-hybridized carbons (Fsp3) is 0.290. The van der Waals surface area contributed by atoms with E-state index in [1.54, 1.807) is 24.3 Å². The Morgan fingerprint density at radius 3 is 2.18 bits per heavy atom. The van der Waals surface area contributed by atoms with Crippen LogP contribution < -0.4 is 14.4 Å². The molecule has 1 heterocycles. The van der Waals surface area contributed by atoms with E-state index < -0.39 is 17.7 Å². The summed E-state index contributed by atoms with van der Waals surface area (Å²) >= 11 is 12.7. The topological polar surface area (TPSA) is 76.1 Å². The molecule has 1 aliphatic rings. The van der Waals surface area contributed by atoms with Gasteiger partial charge in [0.15, 0.2) is 5.75 Å². The van der Waals surface area contributed by atoms with Crippen LogP contribution in [0.15, 0.2) is 66.2 Å². The molecule has 1 fully saturated rings. The third kappa shape index (κ3) is 5.49. The van der Waals surface area contributed by atoms with Crippen molar-refractivity contribution in [3.8, 4) is 11.5 Å². The minimum absolute atomic E-state index is 0.0777. The Kier molecular flexibility index (Phi) is 8.28. The number of anilines is 1. The minimum Gasteiger partial charge on any atom is -0.507 e. The highest BCUT2D eigenvalue weighted by Gasteiger charge is 2.48. The van der Waals surface area contributed by atoms with Gasteiger partial charge in [0.05, 0.1) is 41.1 Å². The number of carbonyl (C=O) groups excluding carboxylic acids is 2. The molecule has 1 N–H and O–H groups in total. The van der Waals surface area contributed by atoms with Gasteiger partial charge < -0.3 is 14.6 Å². The van der Waals surface area contributed by atoms with E-state index in [1.807, 2.05) is 31.2 Å². The molecule has 1 unspecified atom stereocenters. The van der Waals surface area contributed by atoms with E-state index in [2.05, 4.69) is 20.8 Å². The fourth-order valence-corrected chi connectivity index (χ4v) is 5.24. The SMILES string of the molecule is CCCOc1ccccc1N1C(=O)C(=O)/C(=C(/O)c2cc(Cl)c(OC)c(Cl)c2)C1c1ccc(C(C)(C)C)cc1. The summed E-state index contributed by atoms with van der Waals surface area (Å²) in [6.07, 6.45) is 0.768. The number of rotatable bonds is 7. The van der Waals surface area contributed by atoms with Crippen molar-refractivity contribution in [3.63, 3.8) is 0 Å². The summed E-state index contributed by atoms with van der Waals surface area (Å²) in [6, 6.07) is 16.7. The zero-order valence-electron chi connectivity index (χ0n) is 22.5. The second-order valence-corrected chi connectivity index (χ2v) is 11.1. The summed E-state index contributed by atoms with van der Waals surface area (Å²) in [5.74, 6) is -1.29. The zero-order chi connectivity index (χ0) is 28.5. The average Bonchev–Trinajstić information content (AvgIpc) is 3.16. The number of para-hydroxylation sites is 2. The van der Waals surface area contributed by atoms with E-state index in [0.717, 1.165) is 12.0 Å². The van der Waals surface area contributed by atoms with Crippen molar-refractivity contribution in [1.82, 2.24) is 0 Å². The Bertz CT molecular complexity index is 1420. The third-order valence-electron chi connectivity index (χ3n) is 6.60. The van der Waals surface area contributed by atoms with Gasteiger partial charge in [-0.2, -0.15) is 0 Å². The van der Waals surface area contributed by atoms with Crippen LogP contribution in [0.5, 0.6) is 11.5 Å². The molecule has 1 aliphatic heterocycles. The molecule has 0 aliphatic carbocycles. The first-order valence-corrected chi connectivity index (χ1v) is 13.4. The number of benzene rings is 3. The summed E-state index contributed by atoms with van der Waals surface area (Å²) in [7, 11) is 1.43. The van der Waals surface area contributed by atoms with Gasteiger partial charge in [0.25, 0.3) is 11.7 Å². The number of ketones is 1. The van der Waals surface area contributed by atoms with E-state index in [9.17, 15) is 14.7 Å². The predicted octanol–water partition coefficient (Wildman–Crippen LogP) is 7.71. The van der Waals surface area contributed by atoms with Gasteiger partial charge in [-0.15, -0.1) is 0 Å². The molecule has 6 nitrogen and oxygen atoms in total. The summed E-state index contributed by atoms with van der Waals surface area (Å²) in [5, 5.41) is 11.8. The molecule has 3 aromatic rings. The van der Waals surface area contributed by atoms with Crippen LogP contribution in [0.4, 0.5) is 5.69 Å². The zero-order valence-corrected chi connectivity index (χ0v) is 24.1. The molecule has 1 amide bonds. The largest absolute Gasteiger partial charge is 0.507 e. The number of hydrogen-bond acceptors (Lipinski definition) is 5. The van der Waals surface area contributed by atoms with Crippen molar-refractivity contribution in [2.75, 3.05) is 18.6 Å². The molecular weight excluding hydrogens is 537 g/mol. The number of carbonyl (C=O) groups is 2. The maximum atomic E-state index is 13.6. The molecule has 0 saturated carbocycles. The molecule has 0 spiro atoms. The van der Waals surface area contributed by atoms with Crippen LogP contribution in [0.2, 0.25) is 10.0 Å². The molecule has 1 atom stereocenters. The van der Waals surface area contributed by atoms with Crippen molar-refractivity contribution in [1.29, 1.82) is 0 Å². The lowest BCUT2D eigenvalue weighted by molar-refractivity contribution is -0.132. The van der Waals surface area contributed by atoms with Gasteiger partial charge >= 0.3 is 0 Å². The van der Waals surface area contributed by atoms with Crippen LogP contribution in [-0.2, 0) is 15.0 Å². The number of Topliss-reactive ketones (excluding diaryl/α,β-unsaturated/α-hetero) is 1. The van der Waals surface area contributed by atoms with Crippen molar-refractivity contribution in [3.05, 3.63) is 93.0 Å². The Labute approximate surface area is 238 Å². The van der Waals surface area contributed by atoms with E-state index in [0.29, 0.717) is 23.6 Å². The van der Waals surface area contributed by atoms with Crippen LogP contribution in [0.1, 0.15) is 56.8 Å². The van der Waals surface area contributed by atoms with Crippen LogP contribution in [0, 0.1) is 0 Å². The number of aliphatic hydroxyl groups excluding tert-OH is 1. The van der Waals surface area contributed by atoms with Crippen LogP contribution >= 0.6 is 23.2 Å². The molecule has 39 heavy (non-hydrogen) atoms. The second-order valence-electron chi connectivity index (χ2n) is 10.3. The maximum absolute atomic E-state index is 13.6. The van der Waals surface area contributed by atoms with Gasteiger partial charge in [0.1, 0.15) is 11.5 Å². The molecule has 4 rings (SSSR count). The fourth-order valence-electron chi connectivity index (χ4n) is 4.60. The lowest BCUT2D eigenvalue weighted by Crippen LogP contribution is -2.30. The highest BCUT2D eigenvalue weighted by molar-refractivity contribution is 6.52. The lowest BCUT2D eigenvalue weighted by atomic mass is 9.85. The van der Waals surface area contributed by atoms with Gasteiger partial charge in [-0.1, -0.05) is 87.3 Å². The summed E-state index contributed by atoms with van der Waals surface area (Å²) < 4.78 is 11.2. The van der Waals surface area contributed by atoms with Gasteiger partial charge in [-0.3, -0.25) is 14.5 Å². The van der Waals surface area contributed by atoms with Crippen LogP contribution in [-0.4, -0.2) is 30.5 Å².